The molecular weight excluding hydrogens is 681 g/mol. The number of nitrogens with zero attached hydrogens (tertiary/aromatic N) is 2. The molecule has 0 fully saturated rings. The van der Waals surface area contributed by atoms with E-state index in [1.54, 1.807) is 22.7 Å². The number of rotatable bonds is 4. The zero-order valence-electron chi connectivity index (χ0n) is 29.2. The van der Waals surface area contributed by atoms with Crippen molar-refractivity contribution >= 4 is 64.7 Å². The maximum absolute atomic E-state index is 4.96. The van der Waals surface area contributed by atoms with Gasteiger partial charge in [-0.25, -0.2) is 9.97 Å². The van der Waals surface area contributed by atoms with E-state index >= 15 is 0 Å². The van der Waals surface area contributed by atoms with Crippen LogP contribution in [-0.4, -0.2) is 9.97 Å². The molecule has 0 spiro atoms. The van der Waals surface area contributed by atoms with E-state index in [0.29, 0.717) is 0 Å². The number of hydrogen-bond donors (Lipinski definition) is 0. The fourth-order valence-corrected chi connectivity index (χ4v) is 10.5. The van der Waals surface area contributed by atoms with Crippen LogP contribution in [0.3, 0.4) is 0 Å². The number of hydrogen-bond acceptors (Lipinski definition) is 4. The Balaban J connectivity index is 1.15. The van der Waals surface area contributed by atoms with E-state index in [4.69, 9.17) is 9.97 Å². The van der Waals surface area contributed by atoms with Gasteiger partial charge in [-0.2, -0.15) is 0 Å². The standard InChI is InChI=1S/C49H32N2S2/c1-49(2)39-14-6-5-11-33(39)36-27-37-38(28-40(36)49)46(30-21-25-32(26-22-30)48-51-42-16-8-10-18-44(42)53-48)35-13-4-3-12-34(35)45(37)29-19-23-31(24-20-29)47-50-41-15-7-9-17-43(41)52-47/h3-28H,1-2H3. The normalized spacial score (nSPS) is 13.2. The Kier molecular flexibility index (Phi) is 6.67. The molecule has 4 heteroatoms. The van der Waals surface area contributed by atoms with Crippen LogP contribution in [0.2, 0.25) is 0 Å². The summed E-state index contributed by atoms with van der Waals surface area (Å²) in [6.07, 6.45) is 0. The second-order valence-electron chi connectivity index (χ2n) is 14.5. The molecule has 0 aliphatic heterocycles. The van der Waals surface area contributed by atoms with Crippen LogP contribution in [0.15, 0.2) is 158 Å². The van der Waals surface area contributed by atoms with E-state index in [0.717, 1.165) is 32.2 Å². The van der Waals surface area contributed by atoms with Crippen molar-refractivity contribution in [3.63, 3.8) is 0 Å². The van der Waals surface area contributed by atoms with Gasteiger partial charge in [-0.15, -0.1) is 22.7 Å². The van der Waals surface area contributed by atoms with Crippen LogP contribution in [-0.2, 0) is 5.41 Å². The average molecular weight is 713 g/mol. The third-order valence-electron chi connectivity index (χ3n) is 11.2. The summed E-state index contributed by atoms with van der Waals surface area (Å²) in [5, 5.41) is 7.16. The van der Waals surface area contributed by atoms with Crippen LogP contribution in [0.25, 0.3) is 96.5 Å². The maximum atomic E-state index is 4.96. The molecule has 0 saturated heterocycles. The van der Waals surface area contributed by atoms with Crippen LogP contribution in [0.4, 0.5) is 0 Å². The van der Waals surface area contributed by atoms with Crippen molar-refractivity contribution in [3.05, 3.63) is 169 Å². The van der Waals surface area contributed by atoms with Gasteiger partial charge in [0.05, 0.1) is 20.4 Å². The van der Waals surface area contributed by atoms with E-state index in [2.05, 4.69) is 172 Å². The Morgan fingerprint density at radius 3 is 1.40 bits per heavy atom. The molecule has 11 rings (SSSR count). The molecule has 0 amide bonds. The smallest absolute Gasteiger partial charge is 0.124 e. The molecule has 1 aliphatic carbocycles. The molecule has 53 heavy (non-hydrogen) atoms. The summed E-state index contributed by atoms with van der Waals surface area (Å²) in [5.41, 5.74) is 14.7. The minimum Gasteiger partial charge on any atom is -0.236 e. The van der Waals surface area contributed by atoms with E-state index in [-0.39, 0.29) is 5.41 Å². The minimum atomic E-state index is -0.112. The Bertz CT molecular complexity index is 3010. The third-order valence-corrected chi connectivity index (χ3v) is 13.3. The predicted molar refractivity (Wildman–Crippen MR) is 227 cm³/mol. The van der Waals surface area contributed by atoms with Gasteiger partial charge in [0.2, 0.25) is 0 Å². The lowest BCUT2D eigenvalue weighted by atomic mass is 9.79. The number of thiazole rings is 2. The number of fused-ring (bicyclic) bond motifs is 7. The molecule has 1 aliphatic rings. The third kappa shape index (κ3) is 4.69. The zero-order valence-corrected chi connectivity index (χ0v) is 30.9. The number of benzene rings is 8. The van der Waals surface area contributed by atoms with Gasteiger partial charge in [0, 0.05) is 16.5 Å². The summed E-state index contributed by atoms with van der Waals surface area (Å²) in [6, 6.07) is 57.8. The number of para-hydroxylation sites is 2. The molecule has 0 bridgehead atoms. The molecule has 8 aromatic carbocycles. The Morgan fingerprint density at radius 1 is 0.396 bits per heavy atom. The second-order valence-corrected chi connectivity index (χ2v) is 16.6. The highest BCUT2D eigenvalue weighted by molar-refractivity contribution is 7.22. The van der Waals surface area contributed by atoms with Crippen LogP contribution in [0, 0.1) is 0 Å². The summed E-state index contributed by atoms with van der Waals surface area (Å²) in [7, 11) is 0. The van der Waals surface area contributed by atoms with Crippen LogP contribution >= 0.6 is 22.7 Å². The molecule has 0 unspecified atom stereocenters. The van der Waals surface area contributed by atoms with Crippen molar-refractivity contribution in [2.75, 3.05) is 0 Å². The maximum Gasteiger partial charge on any atom is 0.124 e. The van der Waals surface area contributed by atoms with Gasteiger partial charge in [-0.05, 0) is 102 Å². The number of aromatic nitrogens is 2. The molecule has 0 saturated carbocycles. The monoisotopic (exact) mass is 712 g/mol. The molecule has 0 radical (unpaired) electrons. The van der Waals surface area contributed by atoms with Crippen molar-refractivity contribution in [2.45, 2.75) is 19.3 Å². The molecule has 10 aromatic rings. The quantitative estimate of drug-likeness (QED) is 0.170. The van der Waals surface area contributed by atoms with Crippen molar-refractivity contribution in [1.29, 1.82) is 0 Å². The lowest BCUT2D eigenvalue weighted by Gasteiger charge is -2.24. The van der Waals surface area contributed by atoms with Crippen molar-refractivity contribution in [1.82, 2.24) is 9.97 Å². The largest absolute Gasteiger partial charge is 0.236 e. The van der Waals surface area contributed by atoms with Crippen molar-refractivity contribution < 1.29 is 0 Å². The first-order valence-corrected chi connectivity index (χ1v) is 19.7. The first-order chi connectivity index (χ1) is 26.0. The first kappa shape index (κ1) is 30.7. The lowest BCUT2D eigenvalue weighted by Crippen LogP contribution is -2.14. The highest BCUT2D eigenvalue weighted by Crippen LogP contribution is 2.53. The molecule has 0 N–H and O–H groups in total. The average Bonchev–Trinajstić information content (AvgIpc) is 3.90. The SMILES string of the molecule is CC1(C)c2ccccc2-c2cc3c(-c4ccc(-c5nc6ccccc6s5)cc4)c4ccccc4c(-c4ccc(-c5nc6ccccc6s5)cc4)c3cc21. The Morgan fingerprint density at radius 2 is 0.849 bits per heavy atom. The molecule has 0 atom stereocenters. The summed E-state index contributed by atoms with van der Waals surface area (Å²) >= 11 is 3.50. The van der Waals surface area contributed by atoms with Gasteiger partial charge in [0.1, 0.15) is 10.0 Å². The topological polar surface area (TPSA) is 25.8 Å². The van der Waals surface area contributed by atoms with E-state index < -0.39 is 0 Å². The fourth-order valence-electron chi connectivity index (χ4n) is 8.54. The summed E-state index contributed by atoms with van der Waals surface area (Å²) in [6.45, 7) is 4.75. The van der Waals surface area contributed by atoms with Gasteiger partial charge in [0.15, 0.2) is 0 Å². The predicted octanol–water partition coefficient (Wildman–Crippen LogP) is 14.2. The summed E-state index contributed by atoms with van der Waals surface area (Å²) in [5.74, 6) is 0. The minimum absolute atomic E-state index is 0.112. The van der Waals surface area contributed by atoms with E-state index in [1.807, 2.05) is 0 Å². The highest BCUT2D eigenvalue weighted by atomic mass is 32.1. The van der Waals surface area contributed by atoms with E-state index in [9.17, 15) is 0 Å². The molecule has 2 aromatic heterocycles. The summed E-state index contributed by atoms with van der Waals surface area (Å²) < 4.78 is 2.43. The zero-order chi connectivity index (χ0) is 35.3. The van der Waals surface area contributed by atoms with Crippen LogP contribution < -0.4 is 0 Å². The van der Waals surface area contributed by atoms with Gasteiger partial charge in [-0.3, -0.25) is 0 Å². The molecule has 2 heterocycles. The van der Waals surface area contributed by atoms with E-state index in [1.165, 1.54) is 75.5 Å². The van der Waals surface area contributed by atoms with Crippen molar-refractivity contribution in [3.8, 4) is 54.5 Å². The lowest BCUT2D eigenvalue weighted by molar-refractivity contribution is 0.661. The van der Waals surface area contributed by atoms with Crippen LogP contribution in [0.1, 0.15) is 25.0 Å². The van der Waals surface area contributed by atoms with Gasteiger partial charge >= 0.3 is 0 Å². The molecular formula is C49H32N2S2. The fraction of sp³-hybridized carbons (Fsp3) is 0.0612. The molecule has 2 nitrogen and oxygen atoms in total. The Hall–Kier alpha value is -5.94. The second kappa shape index (κ2) is 11.5. The van der Waals surface area contributed by atoms with Gasteiger partial charge in [-0.1, -0.05) is 135 Å². The van der Waals surface area contributed by atoms with Crippen LogP contribution in [0.5, 0.6) is 0 Å². The van der Waals surface area contributed by atoms with Gasteiger partial charge in [0.25, 0.3) is 0 Å². The highest BCUT2D eigenvalue weighted by Gasteiger charge is 2.36. The molecule has 250 valence electrons. The first-order valence-electron chi connectivity index (χ1n) is 18.1. The van der Waals surface area contributed by atoms with Crippen molar-refractivity contribution in [2.24, 2.45) is 0 Å². The Labute approximate surface area is 315 Å². The summed E-state index contributed by atoms with van der Waals surface area (Å²) in [4.78, 5) is 9.91. The van der Waals surface area contributed by atoms with Gasteiger partial charge < -0.3 is 0 Å².